The molecule has 0 bridgehead atoms. The predicted molar refractivity (Wildman–Crippen MR) is 77.4 cm³/mol. The first kappa shape index (κ1) is 14.5. The Hall–Kier alpha value is -0.900. The zero-order valence-electron chi connectivity index (χ0n) is 12.0. The number of methoxy groups -OCH3 is 1. The molecule has 0 radical (unpaired) electrons. The molecule has 1 saturated heterocycles. The van der Waals surface area contributed by atoms with Crippen molar-refractivity contribution in [3.05, 3.63) is 35.9 Å². The van der Waals surface area contributed by atoms with Gasteiger partial charge in [-0.05, 0) is 25.3 Å². The third kappa shape index (κ3) is 4.30. The van der Waals surface area contributed by atoms with E-state index >= 15 is 0 Å². The van der Waals surface area contributed by atoms with Crippen molar-refractivity contribution in [2.24, 2.45) is 0 Å². The van der Waals surface area contributed by atoms with Gasteiger partial charge in [-0.3, -0.25) is 0 Å². The second-order valence-electron chi connectivity index (χ2n) is 5.50. The summed E-state index contributed by atoms with van der Waals surface area (Å²) in [4.78, 5) is 0. The highest BCUT2D eigenvalue weighted by Gasteiger charge is 2.34. The van der Waals surface area contributed by atoms with Crippen LogP contribution >= 0.6 is 0 Å². The van der Waals surface area contributed by atoms with Crippen molar-refractivity contribution in [2.75, 3.05) is 26.9 Å². The third-order valence-electron chi connectivity index (χ3n) is 3.98. The summed E-state index contributed by atoms with van der Waals surface area (Å²) in [6.45, 7) is 4.64. The standard InChI is InChI=1S/C16H25NO2/c1-14(8-9-15-6-4-3-5-7-15)17-12-16(18-2)10-11-19-13-16/h3-7,14,17H,8-13H2,1-2H3. The van der Waals surface area contributed by atoms with Gasteiger partial charge in [0, 0.05) is 32.7 Å². The molecule has 1 aliphatic heterocycles. The smallest absolute Gasteiger partial charge is 0.106 e. The maximum Gasteiger partial charge on any atom is 0.106 e. The minimum absolute atomic E-state index is 0.110. The van der Waals surface area contributed by atoms with Crippen LogP contribution in [0.15, 0.2) is 30.3 Å². The van der Waals surface area contributed by atoms with Gasteiger partial charge in [-0.25, -0.2) is 0 Å². The van der Waals surface area contributed by atoms with Crippen LogP contribution in [0, 0.1) is 0 Å². The number of aryl methyl sites for hydroxylation is 1. The van der Waals surface area contributed by atoms with E-state index in [1.807, 2.05) is 0 Å². The molecule has 106 valence electrons. The molecule has 2 atom stereocenters. The van der Waals surface area contributed by atoms with E-state index < -0.39 is 0 Å². The van der Waals surface area contributed by atoms with Gasteiger partial charge in [0.2, 0.25) is 0 Å². The molecule has 2 unspecified atom stereocenters. The van der Waals surface area contributed by atoms with Crippen LogP contribution in [-0.4, -0.2) is 38.5 Å². The van der Waals surface area contributed by atoms with Crippen LogP contribution < -0.4 is 5.32 Å². The maximum atomic E-state index is 5.62. The molecule has 0 amide bonds. The van der Waals surface area contributed by atoms with Crippen LogP contribution in [0.1, 0.15) is 25.3 Å². The Kier molecular flexibility index (Phi) is 5.37. The SMILES string of the molecule is COC1(CNC(C)CCc2ccccc2)CCOC1. The number of ether oxygens (including phenoxy) is 2. The molecule has 1 N–H and O–H groups in total. The van der Waals surface area contributed by atoms with E-state index in [9.17, 15) is 0 Å². The van der Waals surface area contributed by atoms with E-state index in [1.165, 1.54) is 5.56 Å². The molecule has 19 heavy (non-hydrogen) atoms. The second-order valence-corrected chi connectivity index (χ2v) is 5.50. The molecule has 0 aliphatic carbocycles. The quantitative estimate of drug-likeness (QED) is 0.819. The first-order chi connectivity index (χ1) is 9.24. The van der Waals surface area contributed by atoms with E-state index in [4.69, 9.17) is 9.47 Å². The Morgan fingerprint density at radius 3 is 2.79 bits per heavy atom. The first-order valence-corrected chi connectivity index (χ1v) is 7.14. The maximum absolute atomic E-state index is 5.62. The van der Waals surface area contributed by atoms with Gasteiger partial charge in [-0.15, -0.1) is 0 Å². The van der Waals surface area contributed by atoms with Crippen molar-refractivity contribution >= 4 is 0 Å². The Labute approximate surface area is 116 Å². The van der Waals surface area contributed by atoms with Crippen molar-refractivity contribution in [3.63, 3.8) is 0 Å². The number of hydrogen-bond acceptors (Lipinski definition) is 3. The summed E-state index contributed by atoms with van der Waals surface area (Å²) in [6, 6.07) is 11.1. The number of nitrogens with one attached hydrogen (secondary N) is 1. The van der Waals surface area contributed by atoms with E-state index in [-0.39, 0.29) is 5.60 Å². The normalized spacial score (nSPS) is 24.5. The summed E-state index contributed by atoms with van der Waals surface area (Å²) < 4.78 is 11.1. The summed E-state index contributed by atoms with van der Waals surface area (Å²) in [5.41, 5.74) is 1.29. The molecular weight excluding hydrogens is 238 g/mol. The number of rotatable bonds is 7. The van der Waals surface area contributed by atoms with E-state index in [1.54, 1.807) is 7.11 Å². The highest BCUT2D eigenvalue weighted by atomic mass is 16.5. The molecule has 1 aliphatic rings. The Balaban J connectivity index is 1.71. The highest BCUT2D eigenvalue weighted by molar-refractivity contribution is 5.14. The van der Waals surface area contributed by atoms with Crippen molar-refractivity contribution < 1.29 is 9.47 Å². The van der Waals surface area contributed by atoms with Crippen molar-refractivity contribution in [1.29, 1.82) is 0 Å². The van der Waals surface area contributed by atoms with E-state index in [2.05, 4.69) is 42.6 Å². The van der Waals surface area contributed by atoms with Gasteiger partial charge in [0.25, 0.3) is 0 Å². The van der Waals surface area contributed by atoms with Crippen LogP contribution in [0.3, 0.4) is 0 Å². The summed E-state index contributed by atoms with van der Waals surface area (Å²) in [5.74, 6) is 0. The number of hydrogen-bond donors (Lipinski definition) is 1. The van der Waals surface area contributed by atoms with E-state index in [0.29, 0.717) is 12.6 Å². The predicted octanol–water partition coefficient (Wildman–Crippen LogP) is 2.40. The topological polar surface area (TPSA) is 30.5 Å². The fraction of sp³-hybridized carbons (Fsp3) is 0.625. The van der Waals surface area contributed by atoms with Crippen molar-refractivity contribution in [1.82, 2.24) is 5.32 Å². The Morgan fingerprint density at radius 2 is 2.16 bits per heavy atom. The highest BCUT2D eigenvalue weighted by Crippen LogP contribution is 2.21. The van der Waals surface area contributed by atoms with Crippen molar-refractivity contribution in [3.8, 4) is 0 Å². The minimum Gasteiger partial charge on any atom is -0.378 e. The molecule has 3 heteroatoms. The van der Waals surface area contributed by atoms with Crippen LogP contribution in [0.5, 0.6) is 0 Å². The third-order valence-corrected chi connectivity index (χ3v) is 3.98. The molecule has 3 nitrogen and oxygen atoms in total. The zero-order valence-corrected chi connectivity index (χ0v) is 12.0. The Morgan fingerprint density at radius 1 is 1.37 bits per heavy atom. The van der Waals surface area contributed by atoms with Gasteiger partial charge in [0.05, 0.1) is 6.61 Å². The molecule has 0 aromatic heterocycles. The molecule has 0 spiro atoms. The van der Waals surface area contributed by atoms with Gasteiger partial charge in [-0.2, -0.15) is 0 Å². The average Bonchev–Trinajstić information content (AvgIpc) is 2.93. The molecule has 1 fully saturated rings. The molecule has 0 saturated carbocycles. The summed E-state index contributed by atoms with van der Waals surface area (Å²) >= 11 is 0. The fourth-order valence-corrected chi connectivity index (χ4v) is 2.45. The molecule has 2 rings (SSSR count). The van der Waals surface area contributed by atoms with Gasteiger partial charge >= 0.3 is 0 Å². The van der Waals surface area contributed by atoms with Crippen LogP contribution in [0.4, 0.5) is 0 Å². The van der Waals surface area contributed by atoms with Crippen LogP contribution in [0.2, 0.25) is 0 Å². The fourth-order valence-electron chi connectivity index (χ4n) is 2.45. The Bertz CT molecular complexity index is 360. The summed E-state index contributed by atoms with van der Waals surface area (Å²) in [6.07, 6.45) is 3.25. The largest absolute Gasteiger partial charge is 0.378 e. The lowest BCUT2D eigenvalue weighted by atomic mass is 10.0. The van der Waals surface area contributed by atoms with Gasteiger partial charge < -0.3 is 14.8 Å². The van der Waals surface area contributed by atoms with Gasteiger partial charge in [0.1, 0.15) is 5.60 Å². The lowest BCUT2D eigenvalue weighted by Crippen LogP contribution is -2.45. The first-order valence-electron chi connectivity index (χ1n) is 7.14. The number of benzene rings is 1. The lowest BCUT2D eigenvalue weighted by Gasteiger charge is -2.28. The summed E-state index contributed by atoms with van der Waals surface area (Å²) in [7, 11) is 1.78. The van der Waals surface area contributed by atoms with Crippen LogP contribution in [-0.2, 0) is 15.9 Å². The molecule has 1 heterocycles. The molecule has 1 aromatic carbocycles. The monoisotopic (exact) mass is 263 g/mol. The second kappa shape index (κ2) is 7.04. The van der Waals surface area contributed by atoms with Gasteiger partial charge in [-0.1, -0.05) is 30.3 Å². The molecule has 1 aromatic rings. The molecular formula is C16H25NO2. The summed E-state index contributed by atoms with van der Waals surface area (Å²) in [5, 5.41) is 3.58. The van der Waals surface area contributed by atoms with Crippen LogP contribution in [0.25, 0.3) is 0 Å². The minimum atomic E-state index is -0.110. The zero-order chi connectivity index (χ0) is 13.6. The van der Waals surface area contributed by atoms with Crippen molar-refractivity contribution in [2.45, 2.75) is 37.8 Å². The lowest BCUT2D eigenvalue weighted by molar-refractivity contribution is -0.0173. The van der Waals surface area contributed by atoms with Gasteiger partial charge in [0.15, 0.2) is 0 Å². The average molecular weight is 263 g/mol. The van der Waals surface area contributed by atoms with E-state index in [0.717, 1.165) is 32.4 Å².